The number of rotatable bonds is 5. The van der Waals surface area contributed by atoms with Crippen molar-refractivity contribution in [2.24, 2.45) is 0 Å². The van der Waals surface area contributed by atoms with Crippen molar-refractivity contribution in [3.63, 3.8) is 0 Å². The van der Waals surface area contributed by atoms with Crippen LogP contribution >= 0.6 is 0 Å². The SMILES string of the molecule is CC(C)(C)c1cc(-c2cccc3c2nc(-c2cc(C(C)(C)C)cc(C(C)(C)C)c2O)n3-c2ccc(C(C)(C)C)cc2-c2ccccc2)cc(-c2nccc3c2oc2cc4ccccc4cc23)c1. The highest BCUT2D eigenvalue weighted by atomic mass is 16.3. The Bertz CT molecular complexity index is 3560. The van der Waals surface area contributed by atoms with E-state index in [0.717, 1.165) is 88.7 Å². The molecule has 67 heavy (non-hydrogen) atoms. The summed E-state index contributed by atoms with van der Waals surface area (Å²) in [6.45, 7) is 26.8. The van der Waals surface area contributed by atoms with Crippen LogP contribution in [0.2, 0.25) is 0 Å². The van der Waals surface area contributed by atoms with E-state index in [1.165, 1.54) is 16.5 Å². The molecule has 0 spiro atoms. The zero-order chi connectivity index (χ0) is 47.4. The maximum Gasteiger partial charge on any atom is 0.161 e. The number of hydrogen-bond donors (Lipinski definition) is 1. The zero-order valence-corrected chi connectivity index (χ0v) is 41.1. The number of aromatic nitrogens is 3. The Morgan fingerprint density at radius 1 is 0.493 bits per heavy atom. The standard InChI is InChI=1S/C62H61N3O2/c1-59(2,3)42-25-26-51(47(34-42)37-19-14-13-15-20-37)65-52-24-18-23-45(55(52)64-58(65)49-35-44(61(7,8)9)36-50(56(49)66)62(10,11)12)40-29-41(31-43(30-40)60(4,5)6)54-57-46(27-28-63-54)48-32-38-21-16-17-22-39(38)33-53(48)67-57/h13-36,66H,1-12H3. The first kappa shape index (κ1) is 43.9. The third-order valence-corrected chi connectivity index (χ3v) is 13.5. The highest BCUT2D eigenvalue weighted by Crippen LogP contribution is 2.47. The summed E-state index contributed by atoms with van der Waals surface area (Å²) in [5.74, 6) is 0.937. The number of pyridine rings is 1. The predicted octanol–water partition coefficient (Wildman–Crippen LogP) is 17.0. The number of fused-ring (bicyclic) bond motifs is 5. The summed E-state index contributed by atoms with van der Waals surface area (Å²) in [6, 6.07) is 50.0. The van der Waals surface area contributed by atoms with E-state index < -0.39 is 0 Å². The molecule has 0 radical (unpaired) electrons. The molecule has 3 heterocycles. The van der Waals surface area contributed by atoms with Gasteiger partial charge in [-0.1, -0.05) is 168 Å². The number of aromatic hydroxyl groups is 1. The minimum Gasteiger partial charge on any atom is -0.507 e. The number of benzene rings is 7. The van der Waals surface area contributed by atoms with Gasteiger partial charge in [-0.25, -0.2) is 4.98 Å². The molecule has 10 rings (SSSR count). The molecule has 0 saturated carbocycles. The lowest BCUT2D eigenvalue weighted by Crippen LogP contribution is -2.17. The molecule has 3 aromatic heterocycles. The molecule has 0 saturated heterocycles. The van der Waals surface area contributed by atoms with Gasteiger partial charge in [0.1, 0.15) is 22.9 Å². The van der Waals surface area contributed by atoms with Gasteiger partial charge in [0.05, 0.1) is 22.3 Å². The Balaban J connectivity index is 1.28. The van der Waals surface area contributed by atoms with Crippen molar-refractivity contribution in [1.82, 2.24) is 14.5 Å². The summed E-state index contributed by atoms with van der Waals surface area (Å²) in [5.41, 5.74) is 14.7. The number of nitrogens with zero attached hydrogens (tertiary/aromatic N) is 3. The van der Waals surface area contributed by atoms with Crippen molar-refractivity contribution in [1.29, 1.82) is 0 Å². The van der Waals surface area contributed by atoms with E-state index in [1.807, 2.05) is 6.20 Å². The van der Waals surface area contributed by atoms with Gasteiger partial charge in [0, 0.05) is 39.2 Å². The van der Waals surface area contributed by atoms with Gasteiger partial charge in [-0.05, 0) is 115 Å². The smallest absolute Gasteiger partial charge is 0.161 e. The van der Waals surface area contributed by atoms with E-state index >= 15 is 0 Å². The molecule has 5 heteroatoms. The van der Waals surface area contributed by atoms with Crippen molar-refractivity contribution in [3.05, 3.63) is 168 Å². The first-order valence-electron chi connectivity index (χ1n) is 23.6. The minimum atomic E-state index is -0.334. The highest BCUT2D eigenvalue weighted by Gasteiger charge is 2.30. The fourth-order valence-electron chi connectivity index (χ4n) is 9.56. The number of furan rings is 1. The topological polar surface area (TPSA) is 64.1 Å². The summed E-state index contributed by atoms with van der Waals surface area (Å²) in [4.78, 5) is 10.8. The first-order valence-corrected chi connectivity index (χ1v) is 23.6. The Labute approximate surface area is 395 Å². The van der Waals surface area contributed by atoms with E-state index in [-0.39, 0.29) is 27.4 Å². The molecule has 0 unspecified atom stereocenters. The van der Waals surface area contributed by atoms with E-state index in [9.17, 15) is 5.11 Å². The lowest BCUT2D eigenvalue weighted by atomic mass is 9.79. The molecule has 0 fully saturated rings. The summed E-state index contributed by atoms with van der Waals surface area (Å²) in [6.07, 6.45) is 1.90. The van der Waals surface area contributed by atoms with Crippen LogP contribution in [0.25, 0.3) is 94.3 Å². The van der Waals surface area contributed by atoms with Crippen LogP contribution in [-0.2, 0) is 21.7 Å². The number of hydrogen-bond acceptors (Lipinski definition) is 4. The van der Waals surface area contributed by atoms with Crippen LogP contribution < -0.4 is 0 Å². The molecule has 0 amide bonds. The maximum atomic E-state index is 12.6. The van der Waals surface area contributed by atoms with Gasteiger partial charge >= 0.3 is 0 Å². The van der Waals surface area contributed by atoms with Crippen LogP contribution in [0.3, 0.4) is 0 Å². The van der Waals surface area contributed by atoms with Crippen molar-refractivity contribution in [2.45, 2.75) is 105 Å². The number of para-hydroxylation sites is 1. The molecule has 0 aliphatic heterocycles. The highest BCUT2D eigenvalue weighted by molar-refractivity contribution is 6.12. The Morgan fingerprint density at radius 2 is 1.13 bits per heavy atom. The van der Waals surface area contributed by atoms with Crippen LogP contribution in [0.4, 0.5) is 0 Å². The molecule has 10 aromatic rings. The first-order chi connectivity index (χ1) is 31.6. The lowest BCUT2D eigenvalue weighted by molar-refractivity contribution is 0.446. The third-order valence-electron chi connectivity index (χ3n) is 13.5. The number of phenols is 1. The second-order valence-electron chi connectivity index (χ2n) is 22.6. The molecule has 0 aliphatic rings. The van der Waals surface area contributed by atoms with Crippen LogP contribution in [0.15, 0.2) is 150 Å². The van der Waals surface area contributed by atoms with Crippen LogP contribution in [0.5, 0.6) is 5.75 Å². The molecule has 0 aliphatic carbocycles. The van der Waals surface area contributed by atoms with Crippen molar-refractivity contribution in [2.75, 3.05) is 0 Å². The van der Waals surface area contributed by atoms with Crippen LogP contribution in [-0.4, -0.2) is 19.6 Å². The van der Waals surface area contributed by atoms with E-state index in [0.29, 0.717) is 11.4 Å². The summed E-state index contributed by atoms with van der Waals surface area (Å²) in [5, 5.41) is 17.0. The van der Waals surface area contributed by atoms with Gasteiger partial charge in [-0.15, -0.1) is 0 Å². The van der Waals surface area contributed by atoms with E-state index in [1.54, 1.807) is 0 Å². The molecule has 1 N–H and O–H groups in total. The maximum absolute atomic E-state index is 12.6. The predicted molar refractivity (Wildman–Crippen MR) is 282 cm³/mol. The normalized spacial score (nSPS) is 12.8. The van der Waals surface area contributed by atoms with Crippen LogP contribution in [0.1, 0.15) is 105 Å². The van der Waals surface area contributed by atoms with Gasteiger partial charge in [-0.2, -0.15) is 0 Å². The molecule has 336 valence electrons. The number of imidazole rings is 1. The molecular weight excluding hydrogens is 819 g/mol. The lowest BCUT2D eigenvalue weighted by Gasteiger charge is -2.28. The summed E-state index contributed by atoms with van der Waals surface area (Å²) < 4.78 is 9.05. The van der Waals surface area contributed by atoms with Crippen molar-refractivity contribution in [3.8, 4) is 56.3 Å². The number of phenolic OH excluding ortho intramolecular Hbond substituents is 1. The van der Waals surface area contributed by atoms with Gasteiger partial charge < -0.3 is 9.52 Å². The summed E-state index contributed by atoms with van der Waals surface area (Å²) >= 11 is 0. The average Bonchev–Trinajstić information content (AvgIpc) is 3.85. The Morgan fingerprint density at radius 3 is 1.82 bits per heavy atom. The fourth-order valence-corrected chi connectivity index (χ4v) is 9.56. The largest absolute Gasteiger partial charge is 0.507 e. The van der Waals surface area contributed by atoms with E-state index in [4.69, 9.17) is 14.4 Å². The molecule has 5 nitrogen and oxygen atoms in total. The van der Waals surface area contributed by atoms with Gasteiger partial charge in [0.2, 0.25) is 0 Å². The Hall–Kier alpha value is -6.98. The molecule has 7 aromatic carbocycles. The molecular formula is C62H61N3O2. The zero-order valence-electron chi connectivity index (χ0n) is 41.1. The minimum absolute atomic E-state index is 0.0819. The second kappa shape index (κ2) is 15.6. The summed E-state index contributed by atoms with van der Waals surface area (Å²) in [7, 11) is 0. The third kappa shape index (κ3) is 7.78. The van der Waals surface area contributed by atoms with Gasteiger partial charge in [-0.3, -0.25) is 9.55 Å². The van der Waals surface area contributed by atoms with Gasteiger partial charge in [0.25, 0.3) is 0 Å². The second-order valence-corrected chi connectivity index (χ2v) is 22.6. The molecule has 0 bridgehead atoms. The van der Waals surface area contributed by atoms with E-state index in [2.05, 4.69) is 227 Å². The van der Waals surface area contributed by atoms with Crippen molar-refractivity contribution < 1.29 is 9.52 Å². The van der Waals surface area contributed by atoms with Crippen LogP contribution in [0, 0.1) is 0 Å². The fraction of sp³-hybridized carbons (Fsp3) is 0.258. The Kier molecular flexibility index (Phi) is 10.2. The van der Waals surface area contributed by atoms with Gasteiger partial charge in [0.15, 0.2) is 5.58 Å². The van der Waals surface area contributed by atoms with Crippen molar-refractivity contribution >= 4 is 43.7 Å². The quantitative estimate of drug-likeness (QED) is 0.187. The monoisotopic (exact) mass is 879 g/mol. The average molecular weight is 880 g/mol. The molecule has 0 atom stereocenters.